The number of hydrogen-bond acceptors (Lipinski definition) is 4. The van der Waals surface area contributed by atoms with Gasteiger partial charge in [0.1, 0.15) is 18.2 Å². The van der Waals surface area contributed by atoms with Crippen molar-refractivity contribution in [1.29, 1.82) is 0 Å². The Bertz CT molecular complexity index is 1120. The molecule has 0 radical (unpaired) electrons. The zero-order valence-electron chi connectivity index (χ0n) is 16.2. The second-order valence-electron chi connectivity index (χ2n) is 6.81. The fourth-order valence-corrected chi connectivity index (χ4v) is 4.29. The predicted molar refractivity (Wildman–Crippen MR) is 124 cm³/mol. The van der Waals surface area contributed by atoms with E-state index in [-0.39, 0.29) is 11.7 Å². The van der Waals surface area contributed by atoms with Gasteiger partial charge < -0.3 is 4.74 Å². The van der Waals surface area contributed by atoms with Crippen LogP contribution in [0.4, 0.5) is 10.1 Å². The lowest BCUT2D eigenvalue weighted by Gasteiger charge is -2.14. The Labute approximate surface area is 184 Å². The van der Waals surface area contributed by atoms with Gasteiger partial charge in [0, 0.05) is 5.56 Å². The minimum absolute atomic E-state index is 0.232. The Balaban J connectivity index is 1.56. The normalized spacial score (nSPS) is 15.1. The standard InChI is InChI=1S/C24H18FNO2S2/c1-16-6-8-17(9-7-16)15-28-21-5-3-2-4-18(21)14-22-23(27)26(24(29)30-22)20-12-10-19(25)11-13-20/h2-14H,15H2,1H3/b22-14-. The van der Waals surface area contributed by atoms with Crippen molar-refractivity contribution in [2.45, 2.75) is 13.5 Å². The van der Waals surface area contributed by atoms with Crippen LogP contribution in [0, 0.1) is 12.7 Å². The first-order valence-electron chi connectivity index (χ1n) is 9.32. The highest BCUT2D eigenvalue weighted by Crippen LogP contribution is 2.37. The summed E-state index contributed by atoms with van der Waals surface area (Å²) in [6, 6.07) is 21.4. The van der Waals surface area contributed by atoms with E-state index in [1.54, 1.807) is 18.2 Å². The summed E-state index contributed by atoms with van der Waals surface area (Å²) in [7, 11) is 0. The molecule has 0 aliphatic carbocycles. The third-order valence-electron chi connectivity index (χ3n) is 4.60. The fourth-order valence-electron chi connectivity index (χ4n) is 3.00. The van der Waals surface area contributed by atoms with E-state index < -0.39 is 0 Å². The zero-order valence-corrected chi connectivity index (χ0v) is 17.8. The minimum atomic E-state index is -0.362. The molecule has 1 fully saturated rings. The van der Waals surface area contributed by atoms with Crippen LogP contribution in [0.15, 0.2) is 77.7 Å². The lowest BCUT2D eigenvalue weighted by Crippen LogP contribution is -2.27. The summed E-state index contributed by atoms with van der Waals surface area (Å²) in [4.78, 5) is 14.9. The number of thioether (sulfide) groups is 1. The number of hydrogen-bond donors (Lipinski definition) is 0. The smallest absolute Gasteiger partial charge is 0.270 e. The second-order valence-corrected chi connectivity index (χ2v) is 8.48. The Kier molecular flexibility index (Phi) is 5.97. The number of halogens is 1. The van der Waals surface area contributed by atoms with Gasteiger partial charge in [-0.05, 0) is 48.9 Å². The second kappa shape index (κ2) is 8.81. The van der Waals surface area contributed by atoms with Gasteiger partial charge in [-0.2, -0.15) is 0 Å². The Morgan fingerprint density at radius 3 is 2.47 bits per heavy atom. The highest BCUT2D eigenvalue weighted by atomic mass is 32.2. The predicted octanol–water partition coefficient (Wildman–Crippen LogP) is 6.12. The van der Waals surface area contributed by atoms with E-state index in [1.807, 2.05) is 55.5 Å². The molecule has 0 saturated carbocycles. The van der Waals surface area contributed by atoms with Gasteiger partial charge in [-0.3, -0.25) is 9.69 Å². The first-order valence-corrected chi connectivity index (χ1v) is 10.5. The number of nitrogens with zero attached hydrogens (tertiary/aromatic N) is 1. The molecule has 0 aromatic heterocycles. The summed E-state index contributed by atoms with van der Waals surface area (Å²) >= 11 is 6.61. The summed E-state index contributed by atoms with van der Waals surface area (Å²) in [5, 5.41) is 0. The van der Waals surface area contributed by atoms with E-state index in [9.17, 15) is 9.18 Å². The molecule has 0 bridgehead atoms. The molecular formula is C24H18FNO2S2. The van der Waals surface area contributed by atoms with Crippen LogP contribution >= 0.6 is 24.0 Å². The average molecular weight is 436 g/mol. The highest BCUT2D eigenvalue weighted by Gasteiger charge is 2.33. The first-order chi connectivity index (χ1) is 14.5. The Morgan fingerprint density at radius 1 is 1.03 bits per heavy atom. The number of ether oxygens (including phenoxy) is 1. The molecular weight excluding hydrogens is 417 g/mol. The van der Waals surface area contributed by atoms with Crippen LogP contribution in [0.3, 0.4) is 0 Å². The topological polar surface area (TPSA) is 29.5 Å². The van der Waals surface area contributed by atoms with Gasteiger partial charge in [-0.15, -0.1) is 0 Å². The maximum absolute atomic E-state index is 13.2. The quantitative estimate of drug-likeness (QED) is 0.357. The molecule has 0 spiro atoms. The van der Waals surface area contributed by atoms with Crippen molar-refractivity contribution < 1.29 is 13.9 Å². The lowest BCUT2D eigenvalue weighted by atomic mass is 10.1. The van der Waals surface area contributed by atoms with Gasteiger partial charge in [0.2, 0.25) is 0 Å². The average Bonchev–Trinajstić information content (AvgIpc) is 3.02. The SMILES string of the molecule is Cc1ccc(COc2ccccc2/C=C2\SC(=S)N(c3ccc(F)cc3)C2=O)cc1. The van der Waals surface area contributed by atoms with E-state index in [0.29, 0.717) is 27.3 Å². The third-order valence-corrected chi connectivity index (χ3v) is 5.90. The molecule has 1 aliphatic rings. The van der Waals surface area contributed by atoms with E-state index in [1.165, 1.54) is 34.4 Å². The van der Waals surface area contributed by atoms with E-state index in [2.05, 4.69) is 0 Å². The van der Waals surface area contributed by atoms with Crippen LogP contribution in [0.5, 0.6) is 5.75 Å². The molecule has 4 rings (SSSR count). The summed E-state index contributed by atoms with van der Waals surface area (Å²) in [6.07, 6.45) is 1.79. The van der Waals surface area contributed by atoms with Crippen LogP contribution < -0.4 is 9.64 Å². The molecule has 3 aromatic rings. The number of thiocarbonyl (C=S) groups is 1. The van der Waals surface area contributed by atoms with E-state index in [0.717, 1.165) is 11.1 Å². The molecule has 1 saturated heterocycles. The van der Waals surface area contributed by atoms with Crippen molar-refractivity contribution in [3.63, 3.8) is 0 Å². The highest BCUT2D eigenvalue weighted by molar-refractivity contribution is 8.27. The van der Waals surface area contributed by atoms with Crippen molar-refractivity contribution in [2.75, 3.05) is 4.90 Å². The van der Waals surface area contributed by atoms with Gasteiger partial charge in [-0.25, -0.2) is 4.39 Å². The van der Waals surface area contributed by atoms with Crippen molar-refractivity contribution in [2.24, 2.45) is 0 Å². The van der Waals surface area contributed by atoms with Gasteiger partial charge in [-0.1, -0.05) is 72.0 Å². The molecule has 0 unspecified atom stereocenters. The summed E-state index contributed by atoms with van der Waals surface area (Å²) in [5.74, 6) is 0.0921. The number of rotatable bonds is 5. The van der Waals surface area contributed by atoms with Crippen LogP contribution in [-0.4, -0.2) is 10.2 Å². The Morgan fingerprint density at radius 2 is 1.73 bits per heavy atom. The number of aryl methyl sites for hydroxylation is 1. The molecule has 3 nitrogen and oxygen atoms in total. The van der Waals surface area contributed by atoms with Gasteiger partial charge in [0.05, 0.1) is 10.6 Å². The van der Waals surface area contributed by atoms with Crippen LogP contribution in [-0.2, 0) is 11.4 Å². The monoisotopic (exact) mass is 435 g/mol. The molecule has 0 N–H and O–H groups in total. The van der Waals surface area contributed by atoms with E-state index >= 15 is 0 Å². The van der Waals surface area contributed by atoms with Crippen molar-refractivity contribution in [3.8, 4) is 5.75 Å². The molecule has 3 aromatic carbocycles. The number of benzene rings is 3. The number of amides is 1. The van der Waals surface area contributed by atoms with Crippen molar-refractivity contribution in [3.05, 3.63) is 100 Å². The summed E-state index contributed by atoms with van der Waals surface area (Å²) in [6.45, 7) is 2.48. The Hall–Kier alpha value is -2.96. The van der Waals surface area contributed by atoms with Crippen molar-refractivity contribution in [1.82, 2.24) is 0 Å². The minimum Gasteiger partial charge on any atom is -0.488 e. The fraction of sp³-hybridized carbons (Fsp3) is 0.0833. The maximum atomic E-state index is 13.2. The first kappa shape index (κ1) is 20.3. The molecule has 1 heterocycles. The zero-order chi connectivity index (χ0) is 21.1. The maximum Gasteiger partial charge on any atom is 0.270 e. The van der Waals surface area contributed by atoms with Crippen LogP contribution in [0.25, 0.3) is 6.08 Å². The number of carbonyl (C=O) groups is 1. The van der Waals surface area contributed by atoms with Gasteiger partial charge in [0.25, 0.3) is 5.91 Å². The number of carbonyl (C=O) groups excluding carboxylic acids is 1. The molecule has 0 atom stereocenters. The van der Waals surface area contributed by atoms with Gasteiger partial charge in [0.15, 0.2) is 4.32 Å². The number of para-hydroxylation sites is 1. The molecule has 1 amide bonds. The summed E-state index contributed by atoms with van der Waals surface area (Å²) in [5.41, 5.74) is 3.61. The molecule has 30 heavy (non-hydrogen) atoms. The van der Waals surface area contributed by atoms with Crippen LogP contribution in [0.2, 0.25) is 0 Å². The lowest BCUT2D eigenvalue weighted by molar-refractivity contribution is -0.113. The summed E-state index contributed by atoms with van der Waals surface area (Å²) < 4.78 is 19.6. The van der Waals surface area contributed by atoms with E-state index in [4.69, 9.17) is 17.0 Å². The molecule has 6 heteroatoms. The van der Waals surface area contributed by atoms with Crippen LogP contribution in [0.1, 0.15) is 16.7 Å². The molecule has 150 valence electrons. The molecule has 1 aliphatic heterocycles. The largest absolute Gasteiger partial charge is 0.488 e. The number of anilines is 1. The van der Waals surface area contributed by atoms with Gasteiger partial charge >= 0.3 is 0 Å². The van der Waals surface area contributed by atoms with Crippen molar-refractivity contribution >= 4 is 46.0 Å². The third kappa shape index (κ3) is 4.45.